The predicted molar refractivity (Wildman–Crippen MR) is 39.3 cm³/mol. The highest BCUT2D eigenvalue weighted by Gasteiger charge is 2.06. The summed E-state index contributed by atoms with van der Waals surface area (Å²) in [6.45, 7) is 2.14. The minimum atomic E-state index is -3.08. The van der Waals surface area contributed by atoms with Gasteiger partial charge < -0.3 is 4.74 Å². The van der Waals surface area contributed by atoms with Gasteiger partial charge in [0.1, 0.15) is 0 Å². The fraction of sp³-hybridized carbons (Fsp3) is 1.00. The van der Waals surface area contributed by atoms with Crippen LogP contribution in [-0.2, 0) is 14.8 Å². The standard InChI is InChI=1S/C5H13NO3S/c1-5(4-9-2)6-10(3,7)8/h5-6H,4H2,1-3H3/t5-/m0/s1. The van der Waals surface area contributed by atoms with E-state index in [1.54, 1.807) is 6.92 Å². The zero-order valence-electron chi connectivity index (χ0n) is 6.42. The molecular formula is C5H13NO3S. The molecule has 0 spiro atoms. The molecule has 0 aliphatic carbocycles. The SMILES string of the molecule is COC[C@H](C)NS(C)(=O)=O. The molecule has 0 saturated heterocycles. The third-order valence-electron chi connectivity index (χ3n) is 0.832. The van der Waals surface area contributed by atoms with Crippen molar-refractivity contribution in [3.8, 4) is 0 Å². The first-order valence-corrected chi connectivity index (χ1v) is 4.81. The topological polar surface area (TPSA) is 55.4 Å². The van der Waals surface area contributed by atoms with E-state index in [1.165, 1.54) is 7.11 Å². The van der Waals surface area contributed by atoms with Crippen molar-refractivity contribution in [1.82, 2.24) is 4.72 Å². The van der Waals surface area contributed by atoms with Crippen LogP contribution in [0.2, 0.25) is 0 Å². The van der Waals surface area contributed by atoms with E-state index in [-0.39, 0.29) is 6.04 Å². The molecule has 0 aliphatic rings. The molecule has 0 saturated carbocycles. The first kappa shape index (κ1) is 9.87. The molecule has 0 unspecified atom stereocenters. The predicted octanol–water partition coefficient (Wildman–Crippen LogP) is -0.429. The van der Waals surface area contributed by atoms with Gasteiger partial charge in [-0.1, -0.05) is 0 Å². The van der Waals surface area contributed by atoms with Crippen LogP contribution >= 0.6 is 0 Å². The number of sulfonamides is 1. The molecule has 0 heterocycles. The molecule has 1 N–H and O–H groups in total. The number of rotatable bonds is 4. The molecular weight excluding hydrogens is 154 g/mol. The molecule has 0 aromatic heterocycles. The van der Waals surface area contributed by atoms with E-state index >= 15 is 0 Å². The van der Waals surface area contributed by atoms with E-state index in [2.05, 4.69) is 4.72 Å². The summed E-state index contributed by atoms with van der Waals surface area (Å²) in [6, 6.07) is -0.153. The van der Waals surface area contributed by atoms with Crippen molar-refractivity contribution in [2.75, 3.05) is 20.0 Å². The van der Waals surface area contributed by atoms with Crippen molar-refractivity contribution in [2.24, 2.45) is 0 Å². The Balaban J connectivity index is 3.69. The molecule has 1 atom stereocenters. The lowest BCUT2D eigenvalue weighted by atomic mass is 10.4. The summed E-state index contributed by atoms with van der Waals surface area (Å²) < 4.78 is 28.2. The highest BCUT2D eigenvalue weighted by molar-refractivity contribution is 7.88. The number of methoxy groups -OCH3 is 1. The van der Waals surface area contributed by atoms with Gasteiger partial charge in [-0.05, 0) is 6.92 Å². The van der Waals surface area contributed by atoms with Crippen molar-refractivity contribution in [1.29, 1.82) is 0 Å². The van der Waals surface area contributed by atoms with Crippen LogP contribution in [0.4, 0.5) is 0 Å². The number of hydrogen-bond acceptors (Lipinski definition) is 3. The summed E-state index contributed by atoms with van der Waals surface area (Å²) in [5.41, 5.74) is 0. The van der Waals surface area contributed by atoms with Crippen LogP contribution in [0.1, 0.15) is 6.92 Å². The fourth-order valence-electron chi connectivity index (χ4n) is 0.649. The Kier molecular flexibility index (Phi) is 3.85. The molecule has 0 aliphatic heterocycles. The second-order valence-corrected chi connectivity index (χ2v) is 4.03. The molecule has 10 heavy (non-hydrogen) atoms. The van der Waals surface area contributed by atoms with Gasteiger partial charge in [0, 0.05) is 13.2 Å². The van der Waals surface area contributed by atoms with Crippen LogP contribution in [-0.4, -0.2) is 34.4 Å². The molecule has 5 heteroatoms. The van der Waals surface area contributed by atoms with Crippen molar-refractivity contribution in [2.45, 2.75) is 13.0 Å². The van der Waals surface area contributed by atoms with E-state index in [1.807, 2.05) is 0 Å². The van der Waals surface area contributed by atoms with Crippen LogP contribution in [0.25, 0.3) is 0 Å². The van der Waals surface area contributed by atoms with Gasteiger partial charge in [0.05, 0.1) is 12.9 Å². The van der Waals surface area contributed by atoms with Gasteiger partial charge in [0.25, 0.3) is 0 Å². The molecule has 0 bridgehead atoms. The summed E-state index contributed by atoms with van der Waals surface area (Å²) >= 11 is 0. The van der Waals surface area contributed by atoms with E-state index < -0.39 is 10.0 Å². The summed E-state index contributed by atoms with van der Waals surface area (Å²) in [4.78, 5) is 0. The van der Waals surface area contributed by atoms with Gasteiger partial charge >= 0.3 is 0 Å². The summed E-state index contributed by atoms with van der Waals surface area (Å²) in [5, 5.41) is 0. The third kappa shape index (κ3) is 6.00. The quantitative estimate of drug-likeness (QED) is 0.618. The zero-order valence-corrected chi connectivity index (χ0v) is 7.23. The average molecular weight is 167 g/mol. The Bertz CT molecular complexity index is 175. The Morgan fingerprint density at radius 1 is 1.60 bits per heavy atom. The molecule has 0 rings (SSSR count). The van der Waals surface area contributed by atoms with Gasteiger partial charge in [-0.2, -0.15) is 0 Å². The molecule has 0 radical (unpaired) electrons. The Labute approximate surface area is 61.6 Å². The minimum Gasteiger partial charge on any atom is -0.383 e. The highest BCUT2D eigenvalue weighted by Crippen LogP contribution is 1.84. The van der Waals surface area contributed by atoms with Crippen molar-refractivity contribution >= 4 is 10.0 Å². The number of ether oxygens (including phenoxy) is 1. The molecule has 0 fully saturated rings. The van der Waals surface area contributed by atoms with Crippen molar-refractivity contribution in [3.05, 3.63) is 0 Å². The maximum absolute atomic E-state index is 10.5. The summed E-state index contributed by atoms with van der Waals surface area (Å²) in [7, 11) is -1.55. The van der Waals surface area contributed by atoms with E-state index in [0.29, 0.717) is 6.61 Å². The molecule has 62 valence electrons. The number of hydrogen-bond donors (Lipinski definition) is 1. The molecule has 4 nitrogen and oxygen atoms in total. The van der Waals surface area contributed by atoms with Gasteiger partial charge in [0.2, 0.25) is 10.0 Å². The highest BCUT2D eigenvalue weighted by atomic mass is 32.2. The Morgan fingerprint density at radius 3 is 2.40 bits per heavy atom. The fourth-order valence-corrected chi connectivity index (χ4v) is 1.45. The maximum Gasteiger partial charge on any atom is 0.209 e. The van der Waals surface area contributed by atoms with Crippen molar-refractivity contribution in [3.63, 3.8) is 0 Å². The summed E-state index contributed by atoms with van der Waals surface area (Å²) in [6.07, 6.45) is 1.12. The lowest BCUT2D eigenvalue weighted by molar-refractivity contribution is 0.180. The summed E-state index contributed by atoms with van der Waals surface area (Å²) in [5.74, 6) is 0. The average Bonchev–Trinajstić information content (AvgIpc) is 1.59. The van der Waals surface area contributed by atoms with Crippen LogP contribution in [0.5, 0.6) is 0 Å². The van der Waals surface area contributed by atoms with Crippen LogP contribution in [0.3, 0.4) is 0 Å². The number of nitrogens with one attached hydrogen (secondary N) is 1. The van der Waals surface area contributed by atoms with Gasteiger partial charge in [-0.25, -0.2) is 13.1 Å². The van der Waals surface area contributed by atoms with Gasteiger partial charge in [-0.15, -0.1) is 0 Å². The minimum absolute atomic E-state index is 0.153. The lowest BCUT2D eigenvalue weighted by Crippen LogP contribution is -2.34. The van der Waals surface area contributed by atoms with E-state index in [0.717, 1.165) is 6.26 Å². The first-order chi connectivity index (χ1) is 4.45. The maximum atomic E-state index is 10.5. The first-order valence-electron chi connectivity index (χ1n) is 2.92. The monoisotopic (exact) mass is 167 g/mol. The van der Waals surface area contributed by atoms with Crippen LogP contribution < -0.4 is 4.72 Å². The molecule has 0 amide bonds. The second kappa shape index (κ2) is 3.90. The van der Waals surface area contributed by atoms with Gasteiger partial charge in [-0.3, -0.25) is 0 Å². The molecule has 0 aromatic carbocycles. The third-order valence-corrected chi connectivity index (χ3v) is 1.66. The van der Waals surface area contributed by atoms with Gasteiger partial charge in [0.15, 0.2) is 0 Å². The Morgan fingerprint density at radius 2 is 2.10 bits per heavy atom. The smallest absolute Gasteiger partial charge is 0.209 e. The van der Waals surface area contributed by atoms with E-state index in [4.69, 9.17) is 4.74 Å². The second-order valence-electron chi connectivity index (χ2n) is 2.25. The zero-order chi connectivity index (χ0) is 8.20. The van der Waals surface area contributed by atoms with Crippen LogP contribution in [0, 0.1) is 0 Å². The van der Waals surface area contributed by atoms with E-state index in [9.17, 15) is 8.42 Å². The molecule has 0 aromatic rings. The largest absolute Gasteiger partial charge is 0.383 e. The normalized spacial score (nSPS) is 15.1. The lowest BCUT2D eigenvalue weighted by Gasteiger charge is -2.09. The Hall–Kier alpha value is -0.130. The van der Waals surface area contributed by atoms with Crippen molar-refractivity contribution < 1.29 is 13.2 Å². The van der Waals surface area contributed by atoms with Crippen LogP contribution in [0.15, 0.2) is 0 Å².